The van der Waals surface area contributed by atoms with E-state index in [-0.39, 0.29) is 6.10 Å². The number of aryl methyl sites for hydroxylation is 1. The normalized spacial score (nSPS) is 13.7. The topological polar surface area (TPSA) is 27.7 Å². The van der Waals surface area contributed by atoms with E-state index in [0.717, 1.165) is 37.0 Å². The first-order valence-corrected chi connectivity index (χ1v) is 8.15. The van der Waals surface area contributed by atoms with Gasteiger partial charge in [-0.1, -0.05) is 12.1 Å². The van der Waals surface area contributed by atoms with E-state index in [4.69, 9.17) is 13.3 Å². The second-order valence-corrected chi connectivity index (χ2v) is 6.59. The minimum atomic E-state index is -4.28. The number of alkyl halides is 3. The summed E-state index contributed by atoms with van der Waals surface area (Å²) in [5.41, 5.74) is 0.277. The Hall–Kier alpha value is -0.893. The average Bonchev–Trinajstić information content (AvgIpc) is 2.44. The summed E-state index contributed by atoms with van der Waals surface area (Å²) in [5.74, 6) is 0. The van der Waals surface area contributed by atoms with E-state index in [2.05, 4.69) is 0 Å². The highest BCUT2D eigenvalue weighted by molar-refractivity contribution is 6.36. The van der Waals surface area contributed by atoms with Crippen LogP contribution in [0.5, 0.6) is 0 Å². The molecular weight excluding hydrogens is 301 g/mol. The lowest BCUT2D eigenvalue weighted by Gasteiger charge is -2.17. The van der Waals surface area contributed by atoms with E-state index >= 15 is 0 Å². The molecule has 3 nitrogen and oxygen atoms in total. The zero-order chi connectivity index (χ0) is 15.9. The number of hydrogen-bond acceptors (Lipinski definition) is 3. The van der Waals surface area contributed by atoms with Crippen molar-refractivity contribution in [3.8, 4) is 0 Å². The smallest absolute Gasteiger partial charge is 0.379 e. The van der Waals surface area contributed by atoms with Crippen LogP contribution in [0, 0.1) is 0 Å². The Morgan fingerprint density at radius 1 is 1.10 bits per heavy atom. The van der Waals surface area contributed by atoms with Crippen LogP contribution in [0.3, 0.4) is 0 Å². The number of hydrogen-bond donors (Lipinski definition) is 0. The van der Waals surface area contributed by atoms with E-state index in [1.807, 2.05) is 6.92 Å². The fraction of sp³-hybridized carbons (Fsp3) is 0.571. The molecule has 0 saturated carbocycles. The predicted molar refractivity (Wildman–Crippen MR) is 76.1 cm³/mol. The van der Waals surface area contributed by atoms with Crippen LogP contribution in [0.2, 0.25) is 0 Å². The van der Waals surface area contributed by atoms with Gasteiger partial charge >= 0.3 is 15.7 Å². The van der Waals surface area contributed by atoms with Crippen molar-refractivity contribution in [2.75, 3.05) is 14.2 Å². The molecule has 0 aliphatic carbocycles. The second kappa shape index (κ2) is 8.53. The largest absolute Gasteiger partial charge is 0.483 e. The van der Waals surface area contributed by atoms with E-state index in [9.17, 15) is 13.2 Å². The van der Waals surface area contributed by atoms with Crippen LogP contribution in [-0.2, 0) is 25.9 Å². The van der Waals surface area contributed by atoms with Gasteiger partial charge in [-0.3, -0.25) is 0 Å². The van der Waals surface area contributed by atoms with Crippen LogP contribution < -0.4 is 0 Å². The molecule has 0 radical (unpaired) electrons. The fourth-order valence-electron chi connectivity index (χ4n) is 1.92. The van der Waals surface area contributed by atoms with Crippen molar-refractivity contribution in [2.45, 2.75) is 38.5 Å². The van der Waals surface area contributed by atoms with Crippen LogP contribution in [0.25, 0.3) is 0 Å². The van der Waals surface area contributed by atoms with Crippen LogP contribution in [-0.4, -0.2) is 29.9 Å². The zero-order valence-corrected chi connectivity index (χ0v) is 13.6. The molecule has 0 aliphatic rings. The molecule has 0 heterocycles. The summed E-state index contributed by atoms with van der Waals surface area (Å²) in [7, 11) is 1.08. The molecule has 120 valence electrons. The maximum atomic E-state index is 12.4. The molecule has 1 aromatic rings. The zero-order valence-electron chi connectivity index (χ0n) is 12.4. The van der Waals surface area contributed by atoms with Crippen molar-refractivity contribution in [1.29, 1.82) is 0 Å². The minimum absolute atomic E-state index is 0.0102. The molecule has 0 saturated heterocycles. The SMILES string of the molecule is CO[SiH](OC)OC(C)CCCc1ccc(C(F)(F)F)cc1. The first-order chi connectivity index (χ1) is 9.86. The van der Waals surface area contributed by atoms with E-state index in [0.29, 0.717) is 0 Å². The lowest BCUT2D eigenvalue weighted by atomic mass is 10.0. The maximum absolute atomic E-state index is 12.4. The van der Waals surface area contributed by atoms with Crippen LogP contribution >= 0.6 is 0 Å². The van der Waals surface area contributed by atoms with Crippen molar-refractivity contribution < 1.29 is 26.4 Å². The minimum Gasteiger partial charge on any atom is -0.379 e. The molecule has 0 aliphatic heterocycles. The van der Waals surface area contributed by atoms with Gasteiger partial charge in [0, 0.05) is 20.3 Å². The van der Waals surface area contributed by atoms with Gasteiger partial charge < -0.3 is 13.3 Å². The molecule has 0 N–H and O–H groups in total. The molecule has 1 rings (SSSR count). The molecule has 21 heavy (non-hydrogen) atoms. The number of benzene rings is 1. The Bertz CT molecular complexity index is 405. The molecule has 0 bridgehead atoms. The van der Waals surface area contributed by atoms with Crippen LogP contribution in [0.1, 0.15) is 30.9 Å². The molecule has 0 aromatic heterocycles. The average molecular weight is 322 g/mol. The molecule has 1 aromatic carbocycles. The molecule has 1 atom stereocenters. The van der Waals surface area contributed by atoms with Crippen molar-refractivity contribution >= 4 is 9.53 Å². The highest BCUT2D eigenvalue weighted by Crippen LogP contribution is 2.29. The van der Waals surface area contributed by atoms with Crippen LogP contribution in [0.15, 0.2) is 24.3 Å². The lowest BCUT2D eigenvalue weighted by molar-refractivity contribution is -0.137. The first kappa shape index (κ1) is 18.2. The summed E-state index contributed by atoms with van der Waals surface area (Å²) >= 11 is 0. The third kappa shape index (κ3) is 6.60. The lowest BCUT2D eigenvalue weighted by Crippen LogP contribution is -2.28. The monoisotopic (exact) mass is 322 g/mol. The Morgan fingerprint density at radius 2 is 1.67 bits per heavy atom. The third-order valence-electron chi connectivity index (χ3n) is 3.09. The van der Waals surface area contributed by atoms with Crippen molar-refractivity contribution in [1.82, 2.24) is 0 Å². The van der Waals surface area contributed by atoms with Gasteiger partial charge in [-0.2, -0.15) is 13.2 Å². The molecule has 7 heteroatoms. The Balaban J connectivity index is 2.35. The predicted octanol–water partition coefficient (Wildman–Crippen LogP) is 3.44. The highest BCUT2D eigenvalue weighted by Gasteiger charge is 2.29. The molecular formula is C14H21F3O3Si. The second-order valence-electron chi connectivity index (χ2n) is 4.79. The van der Waals surface area contributed by atoms with Gasteiger partial charge in [0.2, 0.25) is 0 Å². The van der Waals surface area contributed by atoms with E-state index < -0.39 is 21.3 Å². The molecule has 1 unspecified atom stereocenters. The van der Waals surface area contributed by atoms with Gasteiger partial charge in [0.1, 0.15) is 0 Å². The molecule has 0 amide bonds. The number of rotatable bonds is 8. The summed E-state index contributed by atoms with van der Waals surface area (Å²) in [6, 6.07) is 5.29. The van der Waals surface area contributed by atoms with E-state index in [1.165, 1.54) is 12.1 Å². The standard InChI is InChI=1S/C14H21F3O3Si/c1-11(20-21(18-2)19-3)5-4-6-12-7-9-13(10-8-12)14(15,16)17/h7-11,21H,4-6H2,1-3H3. The maximum Gasteiger partial charge on any atom is 0.483 e. The Morgan fingerprint density at radius 3 is 2.14 bits per heavy atom. The van der Waals surface area contributed by atoms with Gasteiger partial charge in [-0.15, -0.1) is 0 Å². The first-order valence-electron chi connectivity index (χ1n) is 6.74. The Labute approximate surface area is 125 Å². The Kier molecular flexibility index (Phi) is 7.37. The van der Waals surface area contributed by atoms with Gasteiger partial charge in [-0.05, 0) is 43.9 Å². The summed E-state index contributed by atoms with van der Waals surface area (Å²) < 4.78 is 53.0. The summed E-state index contributed by atoms with van der Waals surface area (Å²) in [6.07, 6.45) is -1.91. The third-order valence-corrected chi connectivity index (χ3v) is 4.54. The molecule has 0 spiro atoms. The van der Waals surface area contributed by atoms with Gasteiger partial charge in [-0.25, -0.2) is 0 Å². The highest BCUT2D eigenvalue weighted by atomic mass is 28.3. The molecule has 0 fully saturated rings. The summed E-state index contributed by atoms with van der Waals surface area (Å²) in [4.78, 5) is 0. The summed E-state index contributed by atoms with van der Waals surface area (Å²) in [5, 5.41) is 0. The van der Waals surface area contributed by atoms with Gasteiger partial charge in [0.15, 0.2) is 0 Å². The van der Waals surface area contributed by atoms with Gasteiger partial charge in [0.05, 0.1) is 5.56 Å². The van der Waals surface area contributed by atoms with Crippen molar-refractivity contribution in [2.24, 2.45) is 0 Å². The van der Waals surface area contributed by atoms with Crippen LogP contribution in [0.4, 0.5) is 13.2 Å². The fourth-order valence-corrected chi connectivity index (χ4v) is 2.85. The number of halogens is 3. The van der Waals surface area contributed by atoms with Crippen molar-refractivity contribution in [3.05, 3.63) is 35.4 Å². The van der Waals surface area contributed by atoms with E-state index in [1.54, 1.807) is 14.2 Å². The quantitative estimate of drug-likeness (QED) is 0.686. The summed E-state index contributed by atoms with van der Waals surface area (Å²) in [6.45, 7) is 1.94. The van der Waals surface area contributed by atoms with Gasteiger partial charge in [0.25, 0.3) is 0 Å². The van der Waals surface area contributed by atoms with Crippen molar-refractivity contribution in [3.63, 3.8) is 0 Å².